The normalized spacial score (nSPS) is 11.4. The maximum Gasteiger partial charge on any atom is 0.336 e. The third kappa shape index (κ3) is 3.05. The molecule has 0 bridgehead atoms. The smallest absolute Gasteiger partial charge is 0.287 e. The van der Waals surface area contributed by atoms with Gasteiger partial charge in [-0.05, 0) is 48.0 Å². The Morgan fingerprint density at radius 1 is 0.933 bits per heavy atom. The minimum atomic E-state index is -0.484. The van der Waals surface area contributed by atoms with Crippen LogP contribution in [0.5, 0.6) is 0 Å². The zero-order valence-electron chi connectivity index (χ0n) is 15.5. The molecule has 0 spiro atoms. The minimum absolute atomic E-state index is 0.141. The third-order valence-electron chi connectivity index (χ3n) is 4.97. The highest BCUT2D eigenvalue weighted by atomic mass is 35.5. The topological polar surface area (TPSA) is 44.0 Å². The van der Waals surface area contributed by atoms with Crippen molar-refractivity contribution in [3.63, 3.8) is 0 Å². The highest BCUT2D eigenvalue weighted by Crippen LogP contribution is 2.31. The van der Waals surface area contributed by atoms with E-state index in [0.717, 1.165) is 14.7 Å². The Kier molecular flexibility index (Phi) is 4.53. The zero-order chi connectivity index (χ0) is 20.8. The summed E-state index contributed by atoms with van der Waals surface area (Å²) in [5.41, 5.74) is 0.772. The largest absolute Gasteiger partial charge is 0.336 e. The first-order chi connectivity index (χ1) is 14.5. The molecule has 3 aromatic carbocycles. The van der Waals surface area contributed by atoms with Gasteiger partial charge in [0.05, 0.1) is 17.7 Å². The maximum atomic E-state index is 13.8. The van der Waals surface area contributed by atoms with Crippen LogP contribution in [0.4, 0.5) is 4.39 Å². The van der Waals surface area contributed by atoms with Crippen molar-refractivity contribution >= 4 is 43.2 Å². The molecule has 0 amide bonds. The Hall–Kier alpha value is -3.22. The summed E-state index contributed by atoms with van der Waals surface area (Å²) in [7, 11) is 0. The van der Waals surface area contributed by atoms with E-state index >= 15 is 0 Å². The van der Waals surface area contributed by atoms with Gasteiger partial charge >= 0.3 is 5.69 Å². The van der Waals surface area contributed by atoms with Crippen molar-refractivity contribution in [2.24, 2.45) is 0 Å². The maximum absolute atomic E-state index is 13.8. The number of halogens is 2. The molecule has 0 saturated carbocycles. The summed E-state index contributed by atoms with van der Waals surface area (Å²) >= 11 is 7.32. The molecule has 30 heavy (non-hydrogen) atoms. The van der Waals surface area contributed by atoms with Crippen LogP contribution in [-0.4, -0.2) is 9.13 Å². The molecule has 5 aromatic rings. The third-order valence-corrected chi connectivity index (χ3v) is 6.37. The van der Waals surface area contributed by atoms with Crippen LogP contribution in [0.15, 0.2) is 82.4 Å². The highest BCUT2D eigenvalue weighted by Gasteiger charge is 2.19. The lowest BCUT2D eigenvalue weighted by Gasteiger charge is -2.13. The number of aromatic nitrogens is 2. The lowest BCUT2D eigenvalue weighted by Crippen LogP contribution is -2.38. The summed E-state index contributed by atoms with van der Waals surface area (Å²) in [6.45, 7) is 0.141. The number of hydrogen-bond acceptors (Lipinski definition) is 3. The van der Waals surface area contributed by atoms with Crippen molar-refractivity contribution in [1.82, 2.24) is 9.13 Å². The summed E-state index contributed by atoms with van der Waals surface area (Å²) in [6, 6.07) is 20.2. The SMILES string of the molecule is O=c1c2sc3ccccc3c2n(Cc2cccc(F)c2)c(=O)n1-c1ccc(Cl)cc1. The Morgan fingerprint density at radius 2 is 1.70 bits per heavy atom. The summed E-state index contributed by atoms with van der Waals surface area (Å²) in [5, 5.41) is 1.33. The van der Waals surface area contributed by atoms with Gasteiger partial charge in [0.2, 0.25) is 0 Å². The Bertz CT molecular complexity index is 1530. The molecule has 0 aliphatic carbocycles. The molecule has 0 aliphatic rings. The molecule has 0 unspecified atom stereocenters. The van der Waals surface area contributed by atoms with Gasteiger partial charge in [-0.3, -0.25) is 9.36 Å². The molecule has 0 radical (unpaired) electrons. The second kappa shape index (κ2) is 7.23. The molecule has 5 rings (SSSR count). The standard InChI is InChI=1S/C23H14ClFN2O2S/c24-15-8-10-17(11-9-15)27-22(28)21-20(18-6-1-2-7-19(18)30-21)26(23(27)29)13-14-4-3-5-16(25)12-14/h1-12H,13H2. The van der Waals surface area contributed by atoms with Crippen molar-refractivity contribution < 1.29 is 4.39 Å². The predicted molar refractivity (Wildman–Crippen MR) is 120 cm³/mol. The quantitative estimate of drug-likeness (QED) is 0.390. The van der Waals surface area contributed by atoms with Crippen LogP contribution < -0.4 is 11.2 Å². The van der Waals surface area contributed by atoms with E-state index in [1.54, 1.807) is 41.0 Å². The van der Waals surface area contributed by atoms with E-state index in [1.807, 2.05) is 24.3 Å². The van der Waals surface area contributed by atoms with Crippen molar-refractivity contribution in [2.75, 3.05) is 0 Å². The van der Waals surface area contributed by atoms with Gasteiger partial charge in [-0.25, -0.2) is 13.8 Å². The van der Waals surface area contributed by atoms with Gasteiger partial charge in [0.1, 0.15) is 10.5 Å². The van der Waals surface area contributed by atoms with Gasteiger partial charge in [-0.15, -0.1) is 11.3 Å². The average Bonchev–Trinajstić information content (AvgIpc) is 3.13. The van der Waals surface area contributed by atoms with Crippen LogP contribution >= 0.6 is 22.9 Å². The molecule has 7 heteroatoms. The zero-order valence-corrected chi connectivity index (χ0v) is 17.1. The molecule has 0 N–H and O–H groups in total. The Labute approximate surface area is 179 Å². The number of rotatable bonds is 3. The van der Waals surface area contributed by atoms with Crippen LogP contribution in [-0.2, 0) is 6.54 Å². The lowest BCUT2D eigenvalue weighted by atomic mass is 10.2. The molecule has 0 saturated heterocycles. The number of fused-ring (bicyclic) bond motifs is 3. The number of nitrogens with zero attached hydrogens (tertiary/aromatic N) is 2. The monoisotopic (exact) mass is 436 g/mol. The molecular weight excluding hydrogens is 423 g/mol. The summed E-state index contributed by atoms with van der Waals surface area (Å²) < 4.78 is 17.8. The van der Waals surface area contributed by atoms with Crippen LogP contribution in [0.25, 0.3) is 26.0 Å². The highest BCUT2D eigenvalue weighted by molar-refractivity contribution is 7.25. The van der Waals surface area contributed by atoms with Gasteiger partial charge in [0.15, 0.2) is 0 Å². The van der Waals surface area contributed by atoms with Crippen LogP contribution in [0.2, 0.25) is 5.02 Å². The lowest BCUT2D eigenvalue weighted by molar-refractivity contribution is 0.622. The first kappa shape index (κ1) is 18.8. The number of hydrogen-bond donors (Lipinski definition) is 0. The van der Waals surface area contributed by atoms with E-state index in [0.29, 0.717) is 26.5 Å². The van der Waals surface area contributed by atoms with E-state index in [4.69, 9.17) is 11.6 Å². The van der Waals surface area contributed by atoms with E-state index in [-0.39, 0.29) is 17.9 Å². The first-order valence-corrected chi connectivity index (χ1v) is 10.4. The predicted octanol–water partition coefficient (Wildman–Crippen LogP) is 5.21. The Balaban J connectivity index is 1.89. The van der Waals surface area contributed by atoms with Crippen molar-refractivity contribution in [3.8, 4) is 5.69 Å². The molecule has 4 nitrogen and oxygen atoms in total. The fraction of sp³-hybridized carbons (Fsp3) is 0.0435. The Morgan fingerprint density at radius 3 is 2.47 bits per heavy atom. The van der Waals surface area contributed by atoms with E-state index in [2.05, 4.69) is 0 Å². The fourth-order valence-corrected chi connectivity index (χ4v) is 4.89. The second-order valence-electron chi connectivity index (χ2n) is 6.89. The van der Waals surface area contributed by atoms with E-state index < -0.39 is 5.69 Å². The van der Waals surface area contributed by atoms with Gasteiger partial charge in [0.25, 0.3) is 5.56 Å². The van der Waals surface area contributed by atoms with Crippen LogP contribution in [0.1, 0.15) is 5.56 Å². The summed E-state index contributed by atoms with van der Waals surface area (Å²) in [6.07, 6.45) is 0. The summed E-state index contributed by atoms with van der Waals surface area (Å²) in [4.78, 5) is 26.9. The van der Waals surface area contributed by atoms with Gasteiger partial charge < -0.3 is 0 Å². The number of thiophene rings is 1. The molecular formula is C23H14ClFN2O2S. The first-order valence-electron chi connectivity index (χ1n) is 9.20. The fourth-order valence-electron chi connectivity index (χ4n) is 3.63. The molecule has 2 heterocycles. The molecule has 148 valence electrons. The van der Waals surface area contributed by atoms with Gasteiger partial charge in [-0.1, -0.05) is 41.9 Å². The second-order valence-corrected chi connectivity index (χ2v) is 8.38. The molecule has 0 aliphatic heterocycles. The molecule has 0 fully saturated rings. The summed E-state index contributed by atoms with van der Waals surface area (Å²) in [5.74, 6) is -0.377. The van der Waals surface area contributed by atoms with E-state index in [9.17, 15) is 14.0 Å². The van der Waals surface area contributed by atoms with Crippen molar-refractivity contribution in [2.45, 2.75) is 6.54 Å². The van der Waals surface area contributed by atoms with Crippen molar-refractivity contribution in [3.05, 3.63) is 110 Å². The van der Waals surface area contributed by atoms with Gasteiger partial charge in [-0.2, -0.15) is 0 Å². The van der Waals surface area contributed by atoms with Crippen LogP contribution in [0.3, 0.4) is 0 Å². The molecule has 0 atom stereocenters. The van der Waals surface area contributed by atoms with E-state index in [1.165, 1.54) is 23.5 Å². The average molecular weight is 437 g/mol. The van der Waals surface area contributed by atoms with Crippen LogP contribution in [0, 0.1) is 5.82 Å². The number of benzene rings is 3. The molecule has 2 aromatic heterocycles. The van der Waals surface area contributed by atoms with Crippen molar-refractivity contribution in [1.29, 1.82) is 0 Å². The van der Waals surface area contributed by atoms with Gasteiger partial charge in [0, 0.05) is 15.1 Å². The minimum Gasteiger partial charge on any atom is -0.287 e.